The van der Waals surface area contributed by atoms with Crippen molar-refractivity contribution in [2.24, 2.45) is 0 Å². The van der Waals surface area contributed by atoms with Gasteiger partial charge < -0.3 is 15.0 Å². The van der Waals surface area contributed by atoms with E-state index >= 15 is 0 Å². The van der Waals surface area contributed by atoms with E-state index in [1.807, 2.05) is 24.1 Å². The molecule has 2 aliphatic heterocycles. The van der Waals surface area contributed by atoms with Gasteiger partial charge >= 0.3 is 6.09 Å². The van der Waals surface area contributed by atoms with E-state index in [-0.39, 0.29) is 12.1 Å². The average molecular weight is 385 g/mol. The highest BCUT2D eigenvalue weighted by Crippen LogP contribution is 2.39. The first-order valence-corrected chi connectivity index (χ1v) is 10.1. The molecule has 4 rings (SSSR count). The Bertz CT molecular complexity index is 831. The number of benzene rings is 1. The van der Waals surface area contributed by atoms with Gasteiger partial charge in [-0.25, -0.2) is 4.79 Å². The monoisotopic (exact) mass is 384 g/mol. The molecule has 0 radical (unpaired) electrons. The molecule has 0 spiro atoms. The van der Waals surface area contributed by atoms with Crippen molar-refractivity contribution in [1.82, 2.24) is 10.2 Å². The zero-order chi connectivity index (χ0) is 18.8. The number of carbonyl (C=O) groups is 1. The number of rotatable bonds is 1. The van der Waals surface area contributed by atoms with Gasteiger partial charge in [0.05, 0.1) is 12.6 Å². The molecule has 1 aliphatic carbocycles. The number of hydrogen-bond donors (Lipinski definition) is 1. The number of piperidine rings is 1. The van der Waals surface area contributed by atoms with E-state index in [9.17, 15) is 4.79 Å². The molecule has 0 aromatic heterocycles. The fourth-order valence-corrected chi connectivity index (χ4v) is 4.52. The largest absolute Gasteiger partial charge is 0.450 e. The molecule has 3 aliphatic rings. The van der Waals surface area contributed by atoms with Crippen LogP contribution in [0, 0.1) is 0 Å². The summed E-state index contributed by atoms with van der Waals surface area (Å²) < 4.78 is 5.16. The van der Waals surface area contributed by atoms with Crippen LogP contribution in [0.25, 0.3) is 5.57 Å². The summed E-state index contributed by atoms with van der Waals surface area (Å²) in [5.41, 5.74) is 6.84. The molecule has 1 amide bonds. The van der Waals surface area contributed by atoms with E-state index in [0.717, 1.165) is 30.7 Å². The Morgan fingerprint density at radius 1 is 1.26 bits per heavy atom. The third-order valence-electron chi connectivity index (χ3n) is 5.64. The van der Waals surface area contributed by atoms with Gasteiger partial charge in [-0.2, -0.15) is 0 Å². The van der Waals surface area contributed by atoms with Crippen molar-refractivity contribution in [3.8, 4) is 0 Å². The smallest absolute Gasteiger partial charge is 0.409 e. The number of nitrogens with zero attached hydrogens (tertiary/aromatic N) is 1. The Morgan fingerprint density at radius 3 is 2.85 bits per heavy atom. The molecule has 2 heterocycles. The van der Waals surface area contributed by atoms with Crippen molar-refractivity contribution in [2.45, 2.75) is 38.6 Å². The van der Waals surface area contributed by atoms with Gasteiger partial charge in [-0.15, -0.1) is 0 Å². The summed E-state index contributed by atoms with van der Waals surface area (Å²) in [6.07, 6.45) is 9.94. The Kier molecular flexibility index (Phi) is 5.26. The van der Waals surface area contributed by atoms with Gasteiger partial charge in [-0.1, -0.05) is 29.3 Å². The standard InChI is InChI=1S/C22H25ClN2O2/c1-2-27-22(26)25-12-9-15(10-13-25)20-19-8-7-18(23)14-17(19)6-5-16-4-3-11-24-21(16)20/h3-4,7-8,11,14,21,24H,2,5-6,9-10,12-13H2,1H3. The van der Waals surface area contributed by atoms with Crippen LogP contribution in [-0.2, 0) is 11.2 Å². The van der Waals surface area contributed by atoms with Crippen LogP contribution in [0.15, 0.2) is 47.7 Å². The van der Waals surface area contributed by atoms with Crippen LogP contribution in [0.4, 0.5) is 4.79 Å². The molecule has 0 saturated carbocycles. The van der Waals surface area contributed by atoms with E-state index in [4.69, 9.17) is 16.3 Å². The fraction of sp³-hybridized carbons (Fsp3) is 0.409. The van der Waals surface area contributed by atoms with Gasteiger partial charge in [0.2, 0.25) is 0 Å². The first-order valence-electron chi connectivity index (χ1n) is 9.71. The number of aryl methyl sites for hydroxylation is 1. The molecule has 27 heavy (non-hydrogen) atoms. The summed E-state index contributed by atoms with van der Waals surface area (Å²) in [7, 11) is 0. The van der Waals surface area contributed by atoms with Gasteiger partial charge in [0, 0.05) is 18.1 Å². The number of likely N-dealkylation sites (tertiary alicyclic amines) is 1. The lowest BCUT2D eigenvalue weighted by Crippen LogP contribution is -2.38. The highest BCUT2D eigenvalue weighted by molar-refractivity contribution is 6.30. The number of nitrogens with one attached hydrogen (secondary N) is 1. The number of amides is 1. The maximum atomic E-state index is 12.0. The Hall–Kier alpha value is -2.20. The summed E-state index contributed by atoms with van der Waals surface area (Å²) in [4.78, 5) is 13.9. The van der Waals surface area contributed by atoms with Gasteiger partial charge in [-0.3, -0.25) is 0 Å². The second kappa shape index (κ2) is 7.81. The van der Waals surface area contributed by atoms with Crippen LogP contribution in [0.2, 0.25) is 5.02 Å². The summed E-state index contributed by atoms with van der Waals surface area (Å²) in [6.45, 7) is 3.69. The van der Waals surface area contributed by atoms with Crippen LogP contribution in [0.5, 0.6) is 0 Å². The van der Waals surface area contributed by atoms with Crippen molar-refractivity contribution in [2.75, 3.05) is 19.7 Å². The second-order valence-corrected chi connectivity index (χ2v) is 7.64. The van der Waals surface area contributed by atoms with Crippen LogP contribution >= 0.6 is 11.6 Å². The molecule has 1 fully saturated rings. The summed E-state index contributed by atoms with van der Waals surface area (Å²) in [6, 6.07) is 6.47. The topological polar surface area (TPSA) is 41.6 Å². The third kappa shape index (κ3) is 3.63. The maximum absolute atomic E-state index is 12.0. The number of allylic oxidation sites excluding steroid dienone is 2. The average Bonchev–Trinajstić information content (AvgIpc) is 2.85. The highest BCUT2D eigenvalue weighted by Gasteiger charge is 2.30. The van der Waals surface area contributed by atoms with Gasteiger partial charge in [-0.05, 0) is 79.3 Å². The van der Waals surface area contributed by atoms with Crippen LogP contribution in [0.3, 0.4) is 0 Å². The molecule has 4 nitrogen and oxygen atoms in total. The Morgan fingerprint density at radius 2 is 2.07 bits per heavy atom. The summed E-state index contributed by atoms with van der Waals surface area (Å²) >= 11 is 6.28. The normalized spacial score (nSPS) is 21.6. The Balaban J connectivity index is 1.70. The van der Waals surface area contributed by atoms with E-state index in [2.05, 4.69) is 29.6 Å². The van der Waals surface area contributed by atoms with Gasteiger partial charge in [0.25, 0.3) is 0 Å². The SMILES string of the molecule is CCOC(=O)N1CCC(=C2c3ccc(Cl)cc3CCC3=CC=CNC32)CC1. The first kappa shape index (κ1) is 18.2. The molecule has 142 valence electrons. The minimum atomic E-state index is -0.200. The van der Waals surface area contributed by atoms with E-state index in [0.29, 0.717) is 19.7 Å². The predicted molar refractivity (Wildman–Crippen MR) is 109 cm³/mol. The molecule has 1 aromatic rings. The molecule has 5 heteroatoms. The van der Waals surface area contributed by atoms with Crippen LogP contribution in [-0.4, -0.2) is 36.7 Å². The summed E-state index contributed by atoms with van der Waals surface area (Å²) in [5.74, 6) is 0. The minimum Gasteiger partial charge on any atom is -0.450 e. The molecule has 1 N–H and O–H groups in total. The minimum absolute atomic E-state index is 0.200. The quantitative estimate of drug-likeness (QED) is 0.762. The number of carbonyl (C=O) groups excluding carboxylic acids is 1. The zero-order valence-electron chi connectivity index (χ0n) is 15.6. The third-order valence-corrected chi connectivity index (χ3v) is 5.88. The van der Waals surface area contributed by atoms with E-state index in [1.54, 1.807) is 0 Å². The lowest BCUT2D eigenvalue weighted by atomic mass is 9.85. The van der Waals surface area contributed by atoms with Crippen molar-refractivity contribution >= 4 is 23.3 Å². The van der Waals surface area contributed by atoms with Crippen molar-refractivity contribution in [3.63, 3.8) is 0 Å². The lowest BCUT2D eigenvalue weighted by molar-refractivity contribution is 0.104. The molecular weight excluding hydrogens is 360 g/mol. The number of ether oxygens (including phenoxy) is 1. The first-order chi connectivity index (χ1) is 13.2. The van der Waals surface area contributed by atoms with Crippen LogP contribution < -0.4 is 5.32 Å². The van der Waals surface area contributed by atoms with Gasteiger partial charge in [0.15, 0.2) is 0 Å². The molecular formula is C22H25ClN2O2. The molecule has 1 saturated heterocycles. The number of dihydropyridines is 1. The molecule has 1 aromatic carbocycles. The number of fused-ring (bicyclic) bond motifs is 2. The van der Waals surface area contributed by atoms with E-state index < -0.39 is 0 Å². The highest BCUT2D eigenvalue weighted by atomic mass is 35.5. The second-order valence-electron chi connectivity index (χ2n) is 7.21. The van der Waals surface area contributed by atoms with Gasteiger partial charge in [0.1, 0.15) is 0 Å². The predicted octanol–water partition coefficient (Wildman–Crippen LogP) is 4.70. The van der Waals surface area contributed by atoms with Crippen molar-refractivity contribution in [3.05, 3.63) is 63.8 Å². The lowest BCUT2D eigenvalue weighted by Gasteiger charge is -2.32. The van der Waals surface area contributed by atoms with Crippen molar-refractivity contribution < 1.29 is 9.53 Å². The Labute approximate surface area is 165 Å². The number of hydrogen-bond acceptors (Lipinski definition) is 3. The fourth-order valence-electron chi connectivity index (χ4n) is 4.33. The molecule has 0 bridgehead atoms. The molecule has 1 unspecified atom stereocenters. The van der Waals surface area contributed by atoms with Crippen molar-refractivity contribution in [1.29, 1.82) is 0 Å². The number of halogens is 1. The summed E-state index contributed by atoms with van der Waals surface area (Å²) in [5, 5.41) is 4.37. The van der Waals surface area contributed by atoms with Crippen LogP contribution in [0.1, 0.15) is 37.3 Å². The zero-order valence-corrected chi connectivity index (χ0v) is 16.4. The molecule has 1 atom stereocenters. The maximum Gasteiger partial charge on any atom is 0.409 e. The van der Waals surface area contributed by atoms with E-state index in [1.165, 1.54) is 27.8 Å².